The Hall–Kier alpha value is -4.19. The number of aromatic nitrogens is 3. The van der Waals surface area contributed by atoms with Crippen LogP contribution in [0.1, 0.15) is 22.8 Å². The van der Waals surface area contributed by atoms with Crippen LogP contribution in [0, 0.1) is 19.7 Å². The van der Waals surface area contributed by atoms with E-state index in [1.54, 1.807) is 18.3 Å². The van der Waals surface area contributed by atoms with Gasteiger partial charge in [-0.1, -0.05) is 12.1 Å². The maximum absolute atomic E-state index is 13.0. The molecule has 33 heavy (non-hydrogen) atoms. The predicted octanol–water partition coefficient (Wildman–Crippen LogP) is 6.67. The summed E-state index contributed by atoms with van der Waals surface area (Å²) in [4.78, 5) is 9.00. The number of hydrogen-bond acceptors (Lipinski definition) is 4. The third-order valence-corrected chi connectivity index (χ3v) is 5.46. The highest BCUT2D eigenvalue weighted by Gasteiger charge is 2.13. The van der Waals surface area contributed by atoms with E-state index in [4.69, 9.17) is 14.1 Å². The van der Waals surface area contributed by atoms with Crippen molar-refractivity contribution in [2.24, 2.45) is 0 Å². The van der Waals surface area contributed by atoms with Gasteiger partial charge in [-0.15, -0.1) is 0 Å². The monoisotopic (exact) mass is 439 g/mol. The smallest absolute Gasteiger partial charge is 0.226 e. The summed E-state index contributed by atoms with van der Waals surface area (Å²) in [5.74, 6) is 3.33. The summed E-state index contributed by atoms with van der Waals surface area (Å²) in [6, 6.07) is 21.8. The molecule has 0 bridgehead atoms. The summed E-state index contributed by atoms with van der Waals surface area (Å²) in [7, 11) is 0. The zero-order valence-electron chi connectivity index (χ0n) is 18.3. The third-order valence-electron chi connectivity index (χ3n) is 5.46. The molecule has 0 fully saturated rings. The van der Waals surface area contributed by atoms with Crippen molar-refractivity contribution in [2.75, 3.05) is 0 Å². The van der Waals surface area contributed by atoms with Crippen LogP contribution in [0.25, 0.3) is 17.1 Å². The van der Waals surface area contributed by atoms with E-state index < -0.39 is 0 Å². The second-order valence-corrected chi connectivity index (χ2v) is 7.79. The van der Waals surface area contributed by atoms with Gasteiger partial charge in [0.25, 0.3) is 0 Å². The lowest BCUT2D eigenvalue weighted by Crippen LogP contribution is -1.95. The first-order valence-electron chi connectivity index (χ1n) is 10.6. The van der Waals surface area contributed by atoms with Gasteiger partial charge in [0.05, 0.1) is 5.69 Å². The van der Waals surface area contributed by atoms with Crippen LogP contribution in [0.15, 0.2) is 89.6 Å². The van der Waals surface area contributed by atoms with Crippen molar-refractivity contribution in [3.63, 3.8) is 0 Å². The molecule has 0 spiro atoms. The van der Waals surface area contributed by atoms with E-state index in [0.717, 1.165) is 34.1 Å². The molecule has 0 radical (unpaired) electrons. The van der Waals surface area contributed by atoms with E-state index in [-0.39, 0.29) is 5.82 Å². The molecule has 5 aromatic rings. The molecule has 0 saturated carbocycles. The van der Waals surface area contributed by atoms with Crippen LogP contribution in [0.4, 0.5) is 4.39 Å². The van der Waals surface area contributed by atoms with Gasteiger partial charge in [0.1, 0.15) is 28.9 Å². The van der Waals surface area contributed by atoms with Gasteiger partial charge >= 0.3 is 0 Å². The predicted molar refractivity (Wildman–Crippen MR) is 124 cm³/mol. The molecule has 0 aliphatic rings. The van der Waals surface area contributed by atoms with Crippen LogP contribution in [-0.4, -0.2) is 14.5 Å². The van der Waals surface area contributed by atoms with Crippen molar-refractivity contribution >= 4 is 0 Å². The van der Waals surface area contributed by atoms with Gasteiger partial charge in [0.2, 0.25) is 5.89 Å². The number of hydrogen-bond donors (Lipinski definition) is 0. The normalized spacial score (nSPS) is 11.0. The highest BCUT2D eigenvalue weighted by Crippen LogP contribution is 2.26. The second kappa shape index (κ2) is 8.74. The lowest BCUT2D eigenvalue weighted by molar-refractivity contribution is 0.480. The van der Waals surface area contributed by atoms with E-state index in [1.165, 1.54) is 12.1 Å². The number of benzene rings is 3. The highest BCUT2D eigenvalue weighted by atomic mass is 19.1. The quantitative estimate of drug-likeness (QED) is 0.297. The van der Waals surface area contributed by atoms with Gasteiger partial charge in [0.15, 0.2) is 0 Å². The molecule has 5 rings (SSSR count). The molecular formula is C27H22FN3O2. The summed E-state index contributed by atoms with van der Waals surface area (Å²) in [6.45, 7) is 3.90. The van der Waals surface area contributed by atoms with Gasteiger partial charge in [-0.25, -0.2) is 14.4 Å². The van der Waals surface area contributed by atoms with Crippen molar-refractivity contribution in [2.45, 2.75) is 20.3 Å². The summed E-state index contributed by atoms with van der Waals surface area (Å²) < 4.78 is 26.8. The Kier molecular flexibility index (Phi) is 5.48. The third kappa shape index (κ3) is 4.55. The fourth-order valence-corrected chi connectivity index (χ4v) is 3.64. The molecule has 0 unspecified atom stereocenters. The van der Waals surface area contributed by atoms with Gasteiger partial charge in [-0.2, -0.15) is 0 Å². The van der Waals surface area contributed by atoms with Gasteiger partial charge < -0.3 is 13.7 Å². The molecule has 0 N–H and O–H groups in total. The van der Waals surface area contributed by atoms with E-state index in [1.807, 2.05) is 73.1 Å². The van der Waals surface area contributed by atoms with Crippen molar-refractivity contribution in [3.8, 4) is 28.6 Å². The Morgan fingerprint density at radius 1 is 0.879 bits per heavy atom. The Labute approximate surface area is 191 Å². The minimum absolute atomic E-state index is 0.288. The Bertz CT molecular complexity index is 1370. The van der Waals surface area contributed by atoms with Crippen LogP contribution in [0.2, 0.25) is 0 Å². The van der Waals surface area contributed by atoms with E-state index in [0.29, 0.717) is 23.8 Å². The lowest BCUT2D eigenvalue weighted by Gasteiger charge is -2.06. The lowest BCUT2D eigenvalue weighted by atomic mass is 10.1. The van der Waals surface area contributed by atoms with Crippen LogP contribution in [-0.2, 0) is 6.42 Å². The minimum atomic E-state index is -0.288. The van der Waals surface area contributed by atoms with Crippen molar-refractivity contribution in [3.05, 3.63) is 114 Å². The first-order valence-corrected chi connectivity index (χ1v) is 10.6. The number of rotatable bonds is 6. The topological polar surface area (TPSA) is 53.1 Å². The number of halogens is 1. The zero-order valence-corrected chi connectivity index (χ0v) is 18.3. The second-order valence-electron chi connectivity index (χ2n) is 7.79. The maximum Gasteiger partial charge on any atom is 0.226 e. The molecular weight excluding hydrogens is 417 g/mol. The fraction of sp³-hybridized carbons (Fsp3) is 0.111. The molecule has 2 aromatic heterocycles. The van der Waals surface area contributed by atoms with Gasteiger partial charge in [-0.05, 0) is 80.1 Å². The summed E-state index contributed by atoms with van der Waals surface area (Å²) in [5, 5.41) is 0. The molecule has 0 aliphatic heterocycles. The number of oxazole rings is 1. The van der Waals surface area contributed by atoms with Gasteiger partial charge in [-0.3, -0.25) is 0 Å². The average molecular weight is 439 g/mol. The highest BCUT2D eigenvalue weighted by molar-refractivity contribution is 5.56. The molecule has 3 aromatic carbocycles. The van der Waals surface area contributed by atoms with Crippen LogP contribution in [0.3, 0.4) is 0 Å². The molecule has 0 atom stereocenters. The first-order chi connectivity index (χ1) is 16.0. The number of imidazole rings is 1. The Balaban J connectivity index is 1.29. The van der Waals surface area contributed by atoms with Crippen molar-refractivity contribution in [1.82, 2.24) is 14.5 Å². The van der Waals surface area contributed by atoms with Crippen molar-refractivity contribution in [1.29, 1.82) is 0 Å². The summed E-state index contributed by atoms with van der Waals surface area (Å²) >= 11 is 0. The van der Waals surface area contributed by atoms with E-state index in [2.05, 4.69) is 4.98 Å². The van der Waals surface area contributed by atoms with Crippen molar-refractivity contribution < 1.29 is 13.5 Å². The van der Waals surface area contributed by atoms with E-state index in [9.17, 15) is 4.39 Å². The molecule has 2 heterocycles. The SMILES string of the molecule is Cc1oc(-c2ccc(-n3ccnc3C)cc2)nc1Cc1ccc(Oc2ccc(F)cc2)cc1. The molecule has 0 saturated heterocycles. The average Bonchev–Trinajstić information content (AvgIpc) is 3.42. The number of aryl methyl sites for hydroxylation is 2. The van der Waals surface area contributed by atoms with Gasteiger partial charge in [0, 0.05) is 30.1 Å². The molecule has 5 nitrogen and oxygen atoms in total. The standard InChI is InChI=1S/C27H22FN3O2/c1-18-26(17-20-3-11-24(12-4-20)33-25-13-7-22(28)8-14-25)30-27(32-18)21-5-9-23(10-6-21)31-16-15-29-19(31)2/h3-16H,17H2,1-2H3. The number of nitrogens with zero attached hydrogens (tertiary/aromatic N) is 3. The maximum atomic E-state index is 13.0. The molecule has 0 amide bonds. The summed E-state index contributed by atoms with van der Waals surface area (Å²) in [6.07, 6.45) is 4.38. The number of ether oxygens (including phenoxy) is 1. The van der Waals surface area contributed by atoms with Crippen LogP contribution in [0.5, 0.6) is 11.5 Å². The molecule has 0 aliphatic carbocycles. The zero-order chi connectivity index (χ0) is 22.8. The summed E-state index contributed by atoms with van der Waals surface area (Å²) in [5.41, 5.74) is 3.95. The largest absolute Gasteiger partial charge is 0.457 e. The Morgan fingerprint density at radius 3 is 2.18 bits per heavy atom. The van der Waals surface area contributed by atoms with Crippen LogP contribution < -0.4 is 4.74 Å². The van der Waals surface area contributed by atoms with Crippen LogP contribution >= 0.6 is 0 Å². The Morgan fingerprint density at radius 2 is 1.55 bits per heavy atom. The molecule has 164 valence electrons. The van der Waals surface area contributed by atoms with E-state index >= 15 is 0 Å². The first kappa shape index (κ1) is 20.7. The minimum Gasteiger partial charge on any atom is -0.457 e. The molecule has 6 heteroatoms. The fourth-order valence-electron chi connectivity index (χ4n) is 3.64.